The number of piperidine rings is 1. The van der Waals surface area contributed by atoms with Crippen LogP contribution >= 0.6 is 0 Å². The molecule has 1 fully saturated rings. The monoisotopic (exact) mass is 379 g/mol. The molecule has 1 atom stereocenters. The van der Waals surface area contributed by atoms with E-state index in [0.717, 1.165) is 55.0 Å². The van der Waals surface area contributed by atoms with Crippen molar-refractivity contribution in [1.82, 2.24) is 15.1 Å². The molecule has 1 aliphatic heterocycles. The summed E-state index contributed by atoms with van der Waals surface area (Å²) in [5.41, 5.74) is 4.29. The van der Waals surface area contributed by atoms with Gasteiger partial charge in [0.15, 0.2) is 0 Å². The van der Waals surface area contributed by atoms with E-state index in [-0.39, 0.29) is 5.82 Å². The zero-order valence-corrected chi connectivity index (χ0v) is 16.2. The smallest absolute Gasteiger partial charge is 0.123 e. The van der Waals surface area contributed by atoms with Crippen LogP contribution in [0.5, 0.6) is 5.75 Å². The molecular formula is C23H26FN3O. The van der Waals surface area contributed by atoms with Gasteiger partial charge in [-0.1, -0.05) is 24.3 Å². The molecule has 0 aliphatic carbocycles. The number of H-pyrrole nitrogens is 1. The Morgan fingerprint density at radius 3 is 2.86 bits per heavy atom. The number of benzene rings is 2. The minimum atomic E-state index is -0.217. The van der Waals surface area contributed by atoms with E-state index in [4.69, 9.17) is 4.74 Å². The van der Waals surface area contributed by atoms with Crippen molar-refractivity contribution in [2.75, 3.05) is 19.7 Å². The lowest BCUT2D eigenvalue weighted by Crippen LogP contribution is -2.34. The molecule has 4 rings (SSSR count). The largest absolute Gasteiger partial charge is 0.494 e. The number of aromatic amines is 1. The van der Waals surface area contributed by atoms with E-state index in [9.17, 15) is 4.39 Å². The second kappa shape index (κ2) is 8.57. The number of nitrogens with zero attached hydrogens (tertiary/aromatic N) is 2. The lowest BCUT2D eigenvalue weighted by Gasteiger charge is -2.32. The Kier molecular flexibility index (Phi) is 5.72. The third-order valence-corrected chi connectivity index (χ3v) is 5.36. The van der Waals surface area contributed by atoms with E-state index >= 15 is 0 Å². The molecule has 5 heteroatoms. The van der Waals surface area contributed by atoms with Gasteiger partial charge in [0.1, 0.15) is 11.6 Å². The maximum Gasteiger partial charge on any atom is 0.123 e. The van der Waals surface area contributed by atoms with Crippen LogP contribution in [-0.2, 0) is 6.54 Å². The summed E-state index contributed by atoms with van der Waals surface area (Å²) < 4.78 is 19.2. The van der Waals surface area contributed by atoms with E-state index in [0.29, 0.717) is 12.5 Å². The lowest BCUT2D eigenvalue weighted by atomic mass is 9.90. The Balaban J connectivity index is 1.47. The van der Waals surface area contributed by atoms with Crippen LogP contribution in [0.2, 0.25) is 0 Å². The quantitative estimate of drug-likeness (QED) is 0.656. The van der Waals surface area contributed by atoms with Crippen molar-refractivity contribution in [2.45, 2.75) is 32.2 Å². The molecule has 0 saturated carbocycles. The van der Waals surface area contributed by atoms with Crippen LogP contribution in [-0.4, -0.2) is 34.8 Å². The SMILES string of the molecule is CCOc1ccc(CN2CCC[C@@H](c3[nH]ncc3-c3cccc(F)c3)C2)cc1. The van der Waals surface area contributed by atoms with Crippen molar-refractivity contribution < 1.29 is 9.13 Å². The van der Waals surface area contributed by atoms with Gasteiger partial charge in [0.05, 0.1) is 12.8 Å². The molecule has 2 heterocycles. The number of nitrogens with one attached hydrogen (secondary N) is 1. The number of hydrogen-bond acceptors (Lipinski definition) is 3. The highest BCUT2D eigenvalue weighted by atomic mass is 19.1. The van der Waals surface area contributed by atoms with Gasteiger partial charge in [-0.25, -0.2) is 4.39 Å². The first kappa shape index (κ1) is 18.7. The number of likely N-dealkylation sites (tertiary alicyclic amines) is 1. The van der Waals surface area contributed by atoms with Crippen LogP contribution in [0.15, 0.2) is 54.7 Å². The average Bonchev–Trinajstić information content (AvgIpc) is 3.20. The summed E-state index contributed by atoms with van der Waals surface area (Å²) in [6.45, 7) is 5.66. The molecule has 146 valence electrons. The summed E-state index contributed by atoms with van der Waals surface area (Å²) in [4.78, 5) is 2.49. The molecule has 0 amide bonds. The summed E-state index contributed by atoms with van der Waals surface area (Å²) in [5.74, 6) is 1.07. The second-order valence-corrected chi connectivity index (χ2v) is 7.36. The van der Waals surface area contributed by atoms with Crippen molar-refractivity contribution in [3.8, 4) is 16.9 Å². The molecule has 4 nitrogen and oxygen atoms in total. The van der Waals surface area contributed by atoms with Crippen LogP contribution in [0.3, 0.4) is 0 Å². The van der Waals surface area contributed by atoms with Crippen molar-refractivity contribution in [3.63, 3.8) is 0 Å². The molecule has 0 unspecified atom stereocenters. The Morgan fingerprint density at radius 2 is 2.07 bits per heavy atom. The zero-order chi connectivity index (χ0) is 19.3. The maximum atomic E-state index is 13.7. The number of ether oxygens (including phenoxy) is 1. The third-order valence-electron chi connectivity index (χ3n) is 5.36. The van der Waals surface area contributed by atoms with Gasteiger partial charge in [-0.3, -0.25) is 10.00 Å². The topological polar surface area (TPSA) is 41.1 Å². The van der Waals surface area contributed by atoms with E-state index in [1.807, 2.05) is 31.3 Å². The van der Waals surface area contributed by atoms with Crippen LogP contribution < -0.4 is 4.74 Å². The number of rotatable bonds is 6. The molecule has 28 heavy (non-hydrogen) atoms. The fourth-order valence-electron chi connectivity index (χ4n) is 4.04. The summed E-state index contributed by atoms with van der Waals surface area (Å²) >= 11 is 0. The van der Waals surface area contributed by atoms with Gasteiger partial charge in [-0.15, -0.1) is 0 Å². The van der Waals surface area contributed by atoms with Crippen molar-refractivity contribution in [3.05, 3.63) is 71.8 Å². The summed E-state index contributed by atoms with van der Waals surface area (Å²) in [7, 11) is 0. The van der Waals surface area contributed by atoms with Crippen LogP contribution in [0.4, 0.5) is 4.39 Å². The van der Waals surface area contributed by atoms with Gasteiger partial charge in [-0.2, -0.15) is 5.10 Å². The van der Waals surface area contributed by atoms with Crippen molar-refractivity contribution in [1.29, 1.82) is 0 Å². The van der Waals surface area contributed by atoms with Gasteiger partial charge in [0.2, 0.25) is 0 Å². The number of aromatic nitrogens is 2. The van der Waals surface area contributed by atoms with Gasteiger partial charge in [0.25, 0.3) is 0 Å². The summed E-state index contributed by atoms with van der Waals surface area (Å²) in [5, 5.41) is 7.44. The van der Waals surface area contributed by atoms with Gasteiger partial charge in [0, 0.05) is 30.3 Å². The maximum absolute atomic E-state index is 13.7. The van der Waals surface area contributed by atoms with Crippen LogP contribution in [0.25, 0.3) is 11.1 Å². The summed E-state index contributed by atoms with van der Waals surface area (Å²) in [6.07, 6.45) is 4.07. The minimum Gasteiger partial charge on any atom is -0.494 e. The molecule has 1 aliphatic rings. The van der Waals surface area contributed by atoms with E-state index in [2.05, 4.69) is 27.2 Å². The van der Waals surface area contributed by atoms with Crippen molar-refractivity contribution in [2.24, 2.45) is 0 Å². The zero-order valence-electron chi connectivity index (χ0n) is 16.2. The molecule has 0 spiro atoms. The predicted octanol–water partition coefficient (Wildman–Crippen LogP) is 4.99. The first-order valence-corrected chi connectivity index (χ1v) is 9.96. The molecule has 0 radical (unpaired) electrons. The van der Waals surface area contributed by atoms with Gasteiger partial charge in [-0.05, 0) is 61.7 Å². The highest BCUT2D eigenvalue weighted by Crippen LogP contribution is 2.33. The van der Waals surface area contributed by atoms with Gasteiger partial charge < -0.3 is 4.74 Å². The number of halogens is 1. The first-order chi connectivity index (χ1) is 13.7. The first-order valence-electron chi connectivity index (χ1n) is 9.96. The van der Waals surface area contributed by atoms with Crippen molar-refractivity contribution >= 4 is 0 Å². The fraction of sp³-hybridized carbons (Fsp3) is 0.348. The van der Waals surface area contributed by atoms with E-state index in [1.54, 1.807) is 12.1 Å². The van der Waals surface area contributed by atoms with E-state index < -0.39 is 0 Å². The third kappa shape index (κ3) is 4.25. The normalized spacial score (nSPS) is 17.6. The Labute approximate surface area is 165 Å². The Bertz CT molecular complexity index is 906. The van der Waals surface area contributed by atoms with Crippen LogP contribution in [0, 0.1) is 5.82 Å². The lowest BCUT2D eigenvalue weighted by molar-refractivity contribution is 0.198. The standard InChI is InChI=1S/C23H26FN3O/c1-2-28-21-10-8-17(9-11-21)15-27-12-4-6-19(16-27)23-22(14-25-26-23)18-5-3-7-20(24)13-18/h3,5,7-11,13-14,19H,2,4,6,12,15-16H2,1H3,(H,25,26)/t19-/m1/s1. The molecule has 0 bridgehead atoms. The summed E-state index contributed by atoms with van der Waals surface area (Å²) in [6, 6.07) is 15.1. The Morgan fingerprint density at radius 1 is 1.21 bits per heavy atom. The molecular weight excluding hydrogens is 353 g/mol. The molecule has 1 N–H and O–H groups in total. The van der Waals surface area contributed by atoms with Crippen LogP contribution in [0.1, 0.15) is 36.9 Å². The predicted molar refractivity (Wildman–Crippen MR) is 109 cm³/mol. The molecule has 3 aromatic rings. The fourth-order valence-corrected chi connectivity index (χ4v) is 4.04. The second-order valence-electron chi connectivity index (χ2n) is 7.36. The van der Waals surface area contributed by atoms with E-state index in [1.165, 1.54) is 11.6 Å². The van der Waals surface area contributed by atoms with Gasteiger partial charge >= 0.3 is 0 Å². The highest BCUT2D eigenvalue weighted by molar-refractivity contribution is 5.65. The minimum absolute atomic E-state index is 0.217. The highest BCUT2D eigenvalue weighted by Gasteiger charge is 2.25. The average molecular weight is 379 g/mol. The Hall–Kier alpha value is -2.66. The number of hydrogen-bond donors (Lipinski definition) is 1. The molecule has 2 aromatic carbocycles. The molecule has 1 aromatic heterocycles. The molecule has 1 saturated heterocycles.